The van der Waals surface area contributed by atoms with Crippen LogP contribution >= 0.6 is 0 Å². The number of allylic oxidation sites excluding steroid dienone is 1. The van der Waals surface area contributed by atoms with E-state index in [2.05, 4.69) is 20.2 Å². The van der Waals surface area contributed by atoms with Gasteiger partial charge in [-0.3, -0.25) is 14.9 Å². The molecule has 0 saturated carbocycles. The van der Waals surface area contributed by atoms with Crippen molar-refractivity contribution in [2.45, 2.75) is 13.5 Å². The standard InChI is InChI=1S/C18H17N5O4/c1-2-27-18(26)12-7-14(15(24)8-16(25)17-20-11-21-22-17)23(9-12)10-13-5-3-4-6-19-13/h3-9,11,25H,2,10H2,1H3,(H,20,21,22). The van der Waals surface area contributed by atoms with Gasteiger partial charge in [0.05, 0.1) is 30.1 Å². The number of carbonyl (C=O) groups excluding carboxylic acids is 2. The van der Waals surface area contributed by atoms with Crippen LogP contribution in [-0.4, -0.2) is 48.2 Å². The second kappa shape index (κ2) is 8.09. The Morgan fingerprint density at radius 2 is 2.19 bits per heavy atom. The zero-order valence-corrected chi connectivity index (χ0v) is 14.5. The fourth-order valence-electron chi connectivity index (χ4n) is 2.44. The van der Waals surface area contributed by atoms with Crippen molar-refractivity contribution in [3.63, 3.8) is 0 Å². The number of esters is 1. The van der Waals surface area contributed by atoms with Gasteiger partial charge in [0.1, 0.15) is 6.33 Å². The molecule has 138 valence electrons. The summed E-state index contributed by atoms with van der Waals surface area (Å²) < 4.78 is 6.58. The van der Waals surface area contributed by atoms with E-state index in [-0.39, 0.29) is 36.0 Å². The number of pyridine rings is 1. The average Bonchev–Trinajstić information content (AvgIpc) is 3.33. The number of ketones is 1. The maximum Gasteiger partial charge on any atom is 0.339 e. The number of hydrogen-bond acceptors (Lipinski definition) is 7. The van der Waals surface area contributed by atoms with Crippen LogP contribution in [0.1, 0.15) is 39.3 Å². The lowest BCUT2D eigenvalue weighted by molar-refractivity contribution is 0.0526. The number of nitrogens with one attached hydrogen (secondary N) is 1. The molecule has 0 aliphatic carbocycles. The van der Waals surface area contributed by atoms with Crippen LogP contribution in [0.5, 0.6) is 0 Å². The summed E-state index contributed by atoms with van der Waals surface area (Å²) in [6.45, 7) is 2.20. The van der Waals surface area contributed by atoms with Gasteiger partial charge in [-0.2, -0.15) is 5.10 Å². The summed E-state index contributed by atoms with van der Waals surface area (Å²) >= 11 is 0. The van der Waals surface area contributed by atoms with E-state index < -0.39 is 11.8 Å². The van der Waals surface area contributed by atoms with Gasteiger partial charge in [-0.05, 0) is 25.1 Å². The lowest BCUT2D eigenvalue weighted by Gasteiger charge is -2.06. The van der Waals surface area contributed by atoms with Crippen LogP contribution in [0.4, 0.5) is 0 Å². The fourth-order valence-corrected chi connectivity index (χ4v) is 2.44. The molecule has 3 aromatic heterocycles. The van der Waals surface area contributed by atoms with Crippen LogP contribution in [0.2, 0.25) is 0 Å². The van der Waals surface area contributed by atoms with Gasteiger partial charge >= 0.3 is 5.97 Å². The second-order valence-electron chi connectivity index (χ2n) is 5.50. The minimum atomic E-state index is -0.534. The second-order valence-corrected chi connectivity index (χ2v) is 5.50. The van der Waals surface area contributed by atoms with Crippen molar-refractivity contribution in [3.05, 3.63) is 71.8 Å². The third-order valence-electron chi connectivity index (χ3n) is 3.63. The van der Waals surface area contributed by atoms with Crippen LogP contribution in [-0.2, 0) is 11.3 Å². The van der Waals surface area contributed by atoms with Crippen molar-refractivity contribution >= 4 is 17.5 Å². The van der Waals surface area contributed by atoms with Crippen LogP contribution < -0.4 is 0 Å². The van der Waals surface area contributed by atoms with E-state index in [1.807, 2.05) is 6.07 Å². The number of ether oxygens (including phenoxy) is 1. The van der Waals surface area contributed by atoms with Gasteiger partial charge in [-0.15, -0.1) is 0 Å². The van der Waals surface area contributed by atoms with Crippen LogP contribution in [0.15, 0.2) is 49.1 Å². The van der Waals surface area contributed by atoms with Gasteiger partial charge in [-0.25, -0.2) is 9.78 Å². The molecule has 0 fully saturated rings. The van der Waals surface area contributed by atoms with Crippen molar-refractivity contribution in [2.75, 3.05) is 6.61 Å². The number of hydrogen-bond donors (Lipinski definition) is 2. The Labute approximate surface area is 154 Å². The Morgan fingerprint density at radius 3 is 2.85 bits per heavy atom. The van der Waals surface area contributed by atoms with E-state index in [0.717, 1.165) is 6.08 Å². The Kier molecular flexibility index (Phi) is 5.41. The van der Waals surface area contributed by atoms with Crippen LogP contribution in [0.25, 0.3) is 5.76 Å². The number of H-pyrrole nitrogens is 1. The number of aromatic nitrogens is 5. The van der Waals surface area contributed by atoms with Gasteiger partial charge in [0.2, 0.25) is 11.6 Å². The van der Waals surface area contributed by atoms with Crippen molar-refractivity contribution in [1.29, 1.82) is 0 Å². The summed E-state index contributed by atoms with van der Waals surface area (Å²) in [5.41, 5.74) is 1.15. The Hall–Kier alpha value is -3.75. The molecule has 3 rings (SSSR count). The summed E-state index contributed by atoms with van der Waals surface area (Å²) in [4.78, 5) is 32.7. The lowest BCUT2D eigenvalue weighted by Crippen LogP contribution is -2.09. The number of aliphatic hydroxyl groups is 1. The first-order valence-electron chi connectivity index (χ1n) is 8.16. The monoisotopic (exact) mass is 367 g/mol. The summed E-state index contributed by atoms with van der Waals surface area (Å²) in [5, 5.41) is 16.2. The molecular formula is C18H17N5O4. The van der Waals surface area contributed by atoms with Crippen molar-refractivity contribution in [1.82, 2.24) is 24.7 Å². The maximum absolute atomic E-state index is 12.7. The van der Waals surface area contributed by atoms with E-state index in [0.29, 0.717) is 5.69 Å². The Morgan fingerprint density at radius 1 is 1.33 bits per heavy atom. The lowest BCUT2D eigenvalue weighted by atomic mass is 10.2. The molecule has 0 saturated heterocycles. The number of aromatic amines is 1. The first-order valence-corrected chi connectivity index (χ1v) is 8.16. The molecule has 2 N–H and O–H groups in total. The van der Waals surface area contributed by atoms with E-state index in [9.17, 15) is 14.7 Å². The van der Waals surface area contributed by atoms with Crippen molar-refractivity contribution < 1.29 is 19.4 Å². The fraction of sp³-hybridized carbons (Fsp3) is 0.167. The first kappa shape index (κ1) is 18.1. The van der Waals surface area contributed by atoms with Gasteiger partial charge < -0.3 is 14.4 Å². The highest BCUT2D eigenvalue weighted by atomic mass is 16.5. The summed E-state index contributed by atoms with van der Waals surface area (Å²) in [7, 11) is 0. The molecule has 9 heteroatoms. The molecule has 0 aliphatic rings. The quantitative estimate of drug-likeness (QED) is 0.283. The Balaban J connectivity index is 1.95. The number of rotatable bonds is 7. The third kappa shape index (κ3) is 4.27. The maximum atomic E-state index is 12.7. The highest BCUT2D eigenvalue weighted by molar-refractivity contribution is 6.08. The van der Waals surface area contributed by atoms with Gasteiger partial charge in [0.25, 0.3) is 0 Å². The van der Waals surface area contributed by atoms with Crippen LogP contribution in [0.3, 0.4) is 0 Å². The molecule has 3 aromatic rings. The van der Waals surface area contributed by atoms with Gasteiger partial charge in [0, 0.05) is 18.5 Å². The zero-order valence-electron chi connectivity index (χ0n) is 14.5. The molecule has 0 radical (unpaired) electrons. The summed E-state index contributed by atoms with van der Waals surface area (Å²) in [6, 6.07) is 6.84. The highest BCUT2D eigenvalue weighted by Crippen LogP contribution is 2.15. The molecule has 27 heavy (non-hydrogen) atoms. The number of nitrogens with zero attached hydrogens (tertiary/aromatic N) is 4. The van der Waals surface area contributed by atoms with E-state index in [1.54, 1.807) is 29.8 Å². The smallest absolute Gasteiger partial charge is 0.339 e. The summed E-state index contributed by atoms with van der Waals surface area (Å²) in [6.07, 6.45) is 5.45. The molecule has 0 bridgehead atoms. The Bertz CT molecular complexity index is 961. The minimum Gasteiger partial charge on any atom is -0.504 e. The van der Waals surface area contributed by atoms with E-state index in [1.165, 1.54) is 18.6 Å². The molecule has 0 atom stereocenters. The molecule has 0 aromatic carbocycles. The zero-order chi connectivity index (χ0) is 19.2. The molecule has 3 heterocycles. The molecular weight excluding hydrogens is 350 g/mol. The predicted molar refractivity (Wildman–Crippen MR) is 95.0 cm³/mol. The molecule has 0 unspecified atom stereocenters. The minimum absolute atomic E-state index is 0.00296. The number of aliphatic hydroxyl groups excluding tert-OH is 1. The molecule has 0 aliphatic heterocycles. The van der Waals surface area contributed by atoms with E-state index >= 15 is 0 Å². The third-order valence-corrected chi connectivity index (χ3v) is 3.63. The molecule has 9 nitrogen and oxygen atoms in total. The molecule has 0 amide bonds. The normalized spacial score (nSPS) is 11.4. The van der Waals surface area contributed by atoms with E-state index in [4.69, 9.17) is 4.74 Å². The SMILES string of the molecule is CCOC(=O)c1cc(C(=O)C=C(O)c2nc[nH]n2)n(Cc2ccccn2)c1. The number of carbonyl (C=O) groups is 2. The largest absolute Gasteiger partial charge is 0.504 e. The highest BCUT2D eigenvalue weighted by Gasteiger charge is 2.19. The predicted octanol–water partition coefficient (Wildman–Crippen LogP) is 2.01. The molecule has 0 spiro atoms. The van der Waals surface area contributed by atoms with Gasteiger partial charge in [-0.1, -0.05) is 6.07 Å². The van der Waals surface area contributed by atoms with Crippen molar-refractivity contribution in [2.24, 2.45) is 0 Å². The average molecular weight is 367 g/mol. The summed E-state index contributed by atoms with van der Waals surface area (Å²) in [5.74, 6) is -1.43. The van der Waals surface area contributed by atoms with Crippen LogP contribution in [0, 0.1) is 0 Å². The first-order chi connectivity index (χ1) is 13.1. The topological polar surface area (TPSA) is 123 Å². The van der Waals surface area contributed by atoms with Gasteiger partial charge in [0.15, 0.2) is 5.76 Å². The van der Waals surface area contributed by atoms with Crippen molar-refractivity contribution in [3.8, 4) is 0 Å².